The number of benzene rings is 1. The highest BCUT2D eigenvalue weighted by Gasteiger charge is 2.11. The molecule has 7 nitrogen and oxygen atoms in total. The van der Waals surface area contributed by atoms with Crippen molar-refractivity contribution in [1.29, 1.82) is 0 Å². The summed E-state index contributed by atoms with van der Waals surface area (Å²) in [4.78, 5) is 16.5. The van der Waals surface area contributed by atoms with Crippen LogP contribution in [0.15, 0.2) is 48.9 Å². The summed E-state index contributed by atoms with van der Waals surface area (Å²) in [6, 6.07) is 10.3. The standard InChI is InChI=1S/C20H20N6O/c1-13-4-5-15(3)17(8-13)16-6-7-18-22-20(24-26(18)11-16)23-19(27)12-25-10-14(2)9-21-25/h4-11H,12H2,1-3H3,(H,23,24,27). The maximum absolute atomic E-state index is 12.2. The molecular weight excluding hydrogens is 340 g/mol. The molecule has 0 aliphatic carbocycles. The van der Waals surface area contributed by atoms with Crippen molar-refractivity contribution in [3.63, 3.8) is 0 Å². The summed E-state index contributed by atoms with van der Waals surface area (Å²) in [5, 5.41) is 11.2. The number of hydrogen-bond acceptors (Lipinski definition) is 4. The summed E-state index contributed by atoms with van der Waals surface area (Å²) in [7, 11) is 0. The van der Waals surface area contributed by atoms with Gasteiger partial charge in [0.25, 0.3) is 0 Å². The number of rotatable bonds is 4. The van der Waals surface area contributed by atoms with Gasteiger partial charge in [0.15, 0.2) is 5.65 Å². The topological polar surface area (TPSA) is 77.1 Å². The molecule has 4 aromatic rings. The normalized spacial score (nSPS) is 11.1. The molecule has 0 spiro atoms. The van der Waals surface area contributed by atoms with Gasteiger partial charge in [-0.3, -0.25) is 14.8 Å². The molecule has 1 amide bonds. The van der Waals surface area contributed by atoms with Gasteiger partial charge in [-0.1, -0.05) is 23.8 Å². The first kappa shape index (κ1) is 17.0. The predicted molar refractivity (Wildman–Crippen MR) is 103 cm³/mol. The Labute approximate surface area is 156 Å². The molecule has 1 aromatic carbocycles. The van der Waals surface area contributed by atoms with Gasteiger partial charge in [0.05, 0.1) is 6.20 Å². The van der Waals surface area contributed by atoms with Gasteiger partial charge >= 0.3 is 0 Å². The molecule has 0 aliphatic heterocycles. The molecule has 7 heteroatoms. The Morgan fingerprint density at radius 3 is 2.70 bits per heavy atom. The first-order valence-electron chi connectivity index (χ1n) is 8.71. The van der Waals surface area contributed by atoms with E-state index >= 15 is 0 Å². The molecular formula is C20H20N6O. The van der Waals surface area contributed by atoms with Gasteiger partial charge in [0, 0.05) is 18.0 Å². The summed E-state index contributed by atoms with van der Waals surface area (Å²) < 4.78 is 3.27. The van der Waals surface area contributed by atoms with Crippen LogP contribution < -0.4 is 5.32 Å². The summed E-state index contributed by atoms with van der Waals surface area (Å²) >= 11 is 0. The average Bonchev–Trinajstić information content (AvgIpc) is 3.21. The van der Waals surface area contributed by atoms with E-state index in [0.717, 1.165) is 16.7 Å². The Morgan fingerprint density at radius 1 is 1.07 bits per heavy atom. The van der Waals surface area contributed by atoms with E-state index in [-0.39, 0.29) is 18.4 Å². The minimum absolute atomic E-state index is 0.122. The van der Waals surface area contributed by atoms with Crippen LogP contribution in [0.2, 0.25) is 0 Å². The Kier molecular flexibility index (Phi) is 4.19. The van der Waals surface area contributed by atoms with Crippen molar-refractivity contribution >= 4 is 17.5 Å². The van der Waals surface area contributed by atoms with Crippen LogP contribution in [0, 0.1) is 20.8 Å². The number of hydrogen-bond donors (Lipinski definition) is 1. The Morgan fingerprint density at radius 2 is 1.93 bits per heavy atom. The zero-order chi connectivity index (χ0) is 19.0. The number of fused-ring (bicyclic) bond motifs is 1. The first-order valence-corrected chi connectivity index (χ1v) is 8.71. The zero-order valence-electron chi connectivity index (χ0n) is 15.5. The van der Waals surface area contributed by atoms with Crippen LogP contribution in [-0.2, 0) is 11.3 Å². The molecule has 3 aromatic heterocycles. The summed E-state index contributed by atoms with van der Waals surface area (Å²) in [5.74, 6) is 0.0609. The van der Waals surface area contributed by atoms with Gasteiger partial charge in [0.2, 0.25) is 11.9 Å². The maximum atomic E-state index is 12.2. The maximum Gasteiger partial charge on any atom is 0.249 e. The lowest BCUT2D eigenvalue weighted by Crippen LogP contribution is -2.19. The molecule has 0 aliphatic rings. The minimum atomic E-state index is -0.219. The number of anilines is 1. The fraction of sp³-hybridized carbons (Fsp3) is 0.200. The molecule has 0 unspecified atom stereocenters. The molecule has 0 radical (unpaired) electrons. The fourth-order valence-corrected chi connectivity index (χ4v) is 3.01. The molecule has 0 saturated carbocycles. The number of pyridine rings is 1. The minimum Gasteiger partial charge on any atom is -0.292 e. The number of aromatic nitrogens is 5. The lowest BCUT2D eigenvalue weighted by atomic mass is 10.00. The van der Waals surface area contributed by atoms with E-state index in [9.17, 15) is 4.79 Å². The van der Waals surface area contributed by atoms with Crippen molar-refractivity contribution in [3.05, 3.63) is 65.6 Å². The van der Waals surface area contributed by atoms with E-state index in [2.05, 4.69) is 52.5 Å². The van der Waals surface area contributed by atoms with Crippen molar-refractivity contribution in [1.82, 2.24) is 24.4 Å². The van der Waals surface area contributed by atoms with Crippen LogP contribution in [0.5, 0.6) is 0 Å². The smallest absolute Gasteiger partial charge is 0.249 e. The van der Waals surface area contributed by atoms with Gasteiger partial charge in [-0.15, -0.1) is 5.10 Å². The first-order chi connectivity index (χ1) is 13.0. The quantitative estimate of drug-likeness (QED) is 0.606. The number of amides is 1. The summed E-state index contributed by atoms with van der Waals surface area (Å²) in [6.45, 7) is 6.21. The van der Waals surface area contributed by atoms with Crippen LogP contribution in [0.3, 0.4) is 0 Å². The Balaban J connectivity index is 1.57. The fourth-order valence-electron chi connectivity index (χ4n) is 3.01. The SMILES string of the molecule is Cc1ccc(C)c(-c2ccc3nc(NC(=O)Cn4cc(C)cn4)nn3c2)c1. The van der Waals surface area contributed by atoms with Crippen LogP contribution in [-0.4, -0.2) is 30.3 Å². The van der Waals surface area contributed by atoms with E-state index in [1.807, 2.05) is 31.5 Å². The van der Waals surface area contributed by atoms with Gasteiger partial charge in [-0.25, -0.2) is 4.52 Å². The molecule has 0 atom stereocenters. The third-order valence-electron chi connectivity index (χ3n) is 4.35. The van der Waals surface area contributed by atoms with Crippen molar-refractivity contribution < 1.29 is 4.79 Å². The van der Waals surface area contributed by atoms with Crippen molar-refractivity contribution in [2.24, 2.45) is 0 Å². The molecule has 0 bridgehead atoms. The van der Waals surface area contributed by atoms with Gasteiger partial charge < -0.3 is 0 Å². The lowest BCUT2D eigenvalue weighted by Gasteiger charge is -2.07. The van der Waals surface area contributed by atoms with Crippen molar-refractivity contribution in [3.8, 4) is 11.1 Å². The van der Waals surface area contributed by atoms with E-state index in [1.165, 1.54) is 11.1 Å². The van der Waals surface area contributed by atoms with E-state index in [0.29, 0.717) is 5.65 Å². The highest BCUT2D eigenvalue weighted by molar-refractivity contribution is 5.88. The van der Waals surface area contributed by atoms with E-state index in [1.54, 1.807) is 15.4 Å². The van der Waals surface area contributed by atoms with E-state index in [4.69, 9.17) is 0 Å². The second kappa shape index (κ2) is 6.68. The van der Waals surface area contributed by atoms with Crippen molar-refractivity contribution in [2.75, 3.05) is 5.32 Å². The molecule has 1 N–H and O–H groups in total. The van der Waals surface area contributed by atoms with Gasteiger partial charge in [-0.05, 0) is 49.6 Å². The number of aryl methyl sites for hydroxylation is 3. The van der Waals surface area contributed by atoms with Crippen molar-refractivity contribution in [2.45, 2.75) is 27.3 Å². The van der Waals surface area contributed by atoms with Gasteiger partial charge in [-0.2, -0.15) is 10.1 Å². The second-order valence-corrected chi connectivity index (χ2v) is 6.74. The summed E-state index contributed by atoms with van der Waals surface area (Å²) in [6.07, 6.45) is 5.45. The third kappa shape index (κ3) is 3.57. The van der Waals surface area contributed by atoms with Crippen LogP contribution in [0.1, 0.15) is 16.7 Å². The highest BCUT2D eigenvalue weighted by atomic mass is 16.2. The number of carbonyl (C=O) groups is 1. The van der Waals surface area contributed by atoms with E-state index < -0.39 is 0 Å². The largest absolute Gasteiger partial charge is 0.292 e. The molecule has 0 saturated heterocycles. The predicted octanol–water partition coefficient (Wildman–Crippen LogP) is 3.16. The Bertz CT molecular complexity index is 1140. The molecule has 136 valence electrons. The zero-order valence-corrected chi connectivity index (χ0v) is 15.5. The molecule has 0 fully saturated rings. The third-order valence-corrected chi connectivity index (χ3v) is 4.35. The second-order valence-electron chi connectivity index (χ2n) is 6.74. The molecule has 27 heavy (non-hydrogen) atoms. The number of nitrogens with zero attached hydrogens (tertiary/aromatic N) is 5. The molecule has 4 rings (SSSR count). The Hall–Kier alpha value is -3.48. The highest BCUT2D eigenvalue weighted by Crippen LogP contribution is 2.25. The van der Waals surface area contributed by atoms with Crippen LogP contribution in [0.25, 0.3) is 16.8 Å². The monoisotopic (exact) mass is 360 g/mol. The van der Waals surface area contributed by atoms with Crippen LogP contribution in [0.4, 0.5) is 5.95 Å². The lowest BCUT2D eigenvalue weighted by molar-refractivity contribution is -0.116. The molecule has 3 heterocycles. The van der Waals surface area contributed by atoms with Crippen LogP contribution >= 0.6 is 0 Å². The average molecular weight is 360 g/mol. The van der Waals surface area contributed by atoms with Gasteiger partial charge in [0.1, 0.15) is 6.54 Å². The summed E-state index contributed by atoms with van der Waals surface area (Å²) in [5.41, 5.74) is 6.30. The number of carbonyl (C=O) groups excluding carboxylic acids is 1. The number of nitrogens with one attached hydrogen (secondary N) is 1.